The van der Waals surface area contributed by atoms with Crippen molar-refractivity contribution in [2.24, 2.45) is 5.92 Å². The molecule has 2 atom stereocenters. The van der Waals surface area contributed by atoms with Gasteiger partial charge in [0.15, 0.2) is 0 Å². The van der Waals surface area contributed by atoms with Crippen LogP contribution in [0.1, 0.15) is 57.0 Å². The molecular weight excluding hydrogens is 260 g/mol. The summed E-state index contributed by atoms with van der Waals surface area (Å²) in [5.74, 6) is 0.687. The molecule has 1 amide bonds. The molecule has 3 heteroatoms. The average Bonchev–Trinajstić information content (AvgIpc) is 2.67. The maximum atomic E-state index is 12.8. The van der Waals surface area contributed by atoms with Crippen LogP contribution in [-0.4, -0.2) is 22.9 Å². The maximum Gasteiger partial charge on any atom is 0.244 e. The van der Waals surface area contributed by atoms with E-state index in [1.54, 1.807) is 0 Å². The van der Waals surface area contributed by atoms with Crippen molar-refractivity contribution in [2.75, 3.05) is 6.54 Å². The Bertz CT molecular complexity index is 538. The van der Waals surface area contributed by atoms with E-state index in [2.05, 4.69) is 58.1 Å². The Kier molecular flexibility index (Phi) is 4.43. The van der Waals surface area contributed by atoms with Gasteiger partial charge in [-0.15, -0.1) is 0 Å². The number of amides is 1. The van der Waals surface area contributed by atoms with Crippen molar-refractivity contribution in [3.8, 4) is 0 Å². The number of hydrogen-bond acceptors (Lipinski definition) is 2. The summed E-state index contributed by atoms with van der Waals surface area (Å²) in [5, 5.41) is 3.58. The third-order valence-corrected chi connectivity index (χ3v) is 4.50. The highest BCUT2D eigenvalue weighted by Crippen LogP contribution is 2.34. The molecule has 1 heterocycles. The van der Waals surface area contributed by atoms with Gasteiger partial charge in [-0.25, -0.2) is 0 Å². The van der Waals surface area contributed by atoms with Gasteiger partial charge in [0.2, 0.25) is 5.91 Å². The first kappa shape index (κ1) is 16.0. The summed E-state index contributed by atoms with van der Waals surface area (Å²) < 4.78 is 0. The molecule has 0 radical (unpaired) electrons. The van der Waals surface area contributed by atoms with Crippen LogP contribution in [0.4, 0.5) is 0 Å². The first-order valence-corrected chi connectivity index (χ1v) is 7.94. The summed E-state index contributed by atoms with van der Waals surface area (Å²) in [5.41, 5.74) is 3.25. The van der Waals surface area contributed by atoms with Gasteiger partial charge in [-0.1, -0.05) is 44.5 Å². The fourth-order valence-corrected chi connectivity index (χ4v) is 3.01. The molecule has 1 aromatic rings. The Morgan fingerprint density at radius 3 is 2.57 bits per heavy atom. The molecule has 0 aliphatic carbocycles. The van der Waals surface area contributed by atoms with Crippen molar-refractivity contribution in [1.82, 2.24) is 10.2 Å². The SMILES string of the molecule is CCC1(C)NC(c2cc(C)ccc2C)N(CC(C)C)C1=O. The standard InChI is InChI=1S/C18H28N2O/c1-7-18(6)17(21)20(11-12(2)3)16(19-18)15-10-13(4)8-9-14(15)5/h8-10,12,16,19H,7,11H2,1-6H3. The second-order valence-corrected chi connectivity index (χ2v) is 6.94. The third-order valence-electron chi connectivity index (χ3n) is 4.50. The molecule has 1 aliphatic heterocycles. The molecule has 2 unspecified atom stereocenters. The predicted octanol–water partition coefficient (Wildman–Crippen LogP) is 3.56. The number of nitrogens with one attached hydrogen (secondary N) is 1. The molecule has 0 bridgehead atoms. The van der Waals surface area contributed by atoms with Gasteiger partial charge in [-0.05, 0) is 44.2 Å². The lowest BCUT2D eigenvalue weighted by Gasteiger charge is -2.27. The summed E-state index contributed by atoms with van der Waals surface area (Å²) in [6, 6.07) is 6.47. The summed E-state index contributed by atoms with van der Waals surface area (Å²) in [7, 11) is 0. The van der Waals surface area contributed by atoms with Gasteiger partial charge < -0.3 is 4.90 Å². The highest BCUT2D eigenvalue weighted by Gasteiger charge is 2.47. The lowest BCUT2D eigenvalue weighted by Crippen LogP contribution is -2.43. The maximum absolute atomic E-state index is 12.8. The van der Waals surface area contributed by atoms with Crippen molar-refractivity contribution >= 4 is 5.91 Å². The fraction of sp³-hybridized carbons (Fsp3) is 0.611. The lowest BCUT2D eigenvalue weighted by atomic mass is 9.99. The molecule has 2 rings (SSSR count). The predicted molar refractivity (Wildman–Crippen MR) is 87.0 cm³/mol. The molecule has 0 saturated carbocycles. The Morgan fingerprint density at radius 1 is 1.33 bits per heavy atom. The van der Waals surface area contributed by atoms with Gasteiger partial charge >= 0.3 is 0 Å². The lowest BCUT2D eigenvalue weighted by molar-refractivity contribution is -0.133. The number of aryl methyl sites for hydroxylation is 2. The topological polar surface area (TPSA) is 32.3 Å². The summed E-state index contributed by atoms with van der Waals surface area (Å²) in [6.45, 7) is 13.4. The van der Waals surface area contributed by atoms with Crippen LogP contribution in [0.2, 0.25) is 0 Å². The summed E-state index contributed by atoms with van der Waals surface area (Å²) in [4.78, 5) is 14.9. The van der Waals surface area contributed by atoms with Crippen molar-refractivity contribution < 1.29 is 4.79 Å². The van der Waals surface area contributed by atoms with Gasteiger partial charge in [0.05, 0.1) is 5.54 Å². The molecule has 0 spiro atoms. The van der Waals surface area contributed by atoms with Gasteiger partial charge in [-0.2, -0.15) is 0 Å². The van der Waals surface area contributed by atoms with E-state index in [9.17, 15) is 4.79 Å². The zero-order chi connectivity index (χ0) is 15.8. The molecule has 1 N–H and O–H groups in total. The smallest absolute Gasteiger partial charge is 0.244 e. The minimum Gasteiger partial charge on any atom is -0.321 e. The van der Waals surface area contributed by atoms with E-state index in [0.29, 0.717) is 5.92 Å². The van der Waals surface area contributed by atoms with Crippen LogP contribution in [0.15, 0.2) is 18.2 Å². The van der Waals surface area contributed by atoms with E-state index in [0.717, 1.165) is 13.0 Å². The zero-order valence-corrected chi connectivity index (χ0v) is 14.2. The Labute approximate surface area is 128 Å². The molecule has 1 aromatic carbocycles. The molecular formula is C18H28N2O. The van der Waals surface area contributed by atoms with Gasteiger partial charge in [0.1, 0.15) is 6.17 Å². The van der Waals surface area contributed by atoms with Crippen LogP contribution >= 0.6 is 0 Å². The number of carbonyl (C=O) groups excluding carboxylic acids is 1. The first-order valence-electron chi connectivity index (χ1n) is 7.94. The van der Waals surface area contributed by atoms with Gasteiger partial charge in [0.25, 0.3) is 0 Å². The number of rotatable bonds is 4. The molecule has 1 saturated heterocycles. The van der Waals surface area contributed by atoms with Gasteiger partial charge in [0, 0.05) is 6.54 Å². The fourth-order valence-electron chi connectivity index (χ4n) is 3.01. The number of nitrogens with zero attached hydrogens (tertiary/aromatic N) is 1. The highest BCUT2D eigenvalue weighted by atomic mass is 16.2. The van der Waals surface area contributed by atoms with Crippen molar-refractivity contribution in [2.45, 2.75) is 59.7 Å². The highest BCUT2D eigenvalue weighted by molar-refractivity contribution is 5.88. The van der Waals surface area contributed by atoms with Crippen LogP contribution < -0.4 is 5.32 Å². The summed E-state index contributed by atoms with van der Waals surface area (Å²) in [6.07, 6.45) is 0.798. The second kappa shape index (κ2) is 5.80. The average molecular weight is 288 g/mol. The van der Waals surface area contributed by atoms with E-state index in [1.807, 2.05) is 11.8 Å². The molecule has 1 fully saturated rings. The monoisotopic (exact) mass is 288 g/mol. The van der Waals surface area contributed by atoms with E-state index in [1.165, 1.54) is 16.7 Å². The van der Waals surface area contributed by atoms with E-state index < -0.39 is 5.54 Å². The summed E-state index contributed by atoms with van der Waals surface area (Å²) >= 11 is 0. The van der Waals surface area contributed by atoms with Crippen LogP contribution in [-0.2, 0) is 4.79 Å². The normalized spacial score (nSPS) is 26.0. The largest absolute Gasteiger partial charge is 0.321 e. The Morgan fingerprint density at radius 2 is 2.00 bits per heavy atom. The second-order valence-electron chi connectivity index (χ2n) is 6.94. The molecule has 0 aromatic heterocycles. The van der Waals surface area contributed by atoms with Crippen LogP contribution in [0.5, 0.6) is 0 Å². The van der Waals surface area contributed by atoms with Crippen molar-refractivity contribution in [3.05, 3.63) is 34.9 Å². The molecule has 1 aliphatic rings. The molecule has 3 nitrogen and oxygen atoms in total. The molecule has 21 heavy (non-hydrogen) atoms. The quantitative estimate of drug-likeness (QED) is 0.919. The van der Waals surface area contributed by atoms with Gasteiger partial charge in [-0.3, -0.25) is 10.1 Å². The first-order chi connectivity index (χ1) is 9.78. The van der Waals surface area contributed by atoms with Crippen LogP contribution in [0.3, 0.4) is 0 Å². The Hall–Kier alpha value is -1.35. The number of hydrogen-bond donors (Lipinski definition) is 1. The minimum absolute atomic E-state index is 0.00949. The number of benzene rings is 1. The van der Waals surface area contributed by atoms with Crippen molar-refractivity contribution in [3.63, 3.8) is 0 Å². The number of carbonyl (C=O) groups is 1. The van der Waals surface area contributed by atoms with E-state index in [4.69, 9.17) is 0 Å². The minimum atomic E-state index is -0.449. The Balaban J connectivity index is 2.44. The van der Waals surface area contributed by atoms with E-state index >= 15 is 0 Å². The van der Waals surface area contributed by atoms with Crippen LogP contribution in [0, 0.1) is 19.8 Å². The zero-order valence-electron chi connectivity index (χ0n) is 14.2. The molecule has 116 valence electrons. The van der Waals surface area contributed by atoms with Crippen molar-refractivity contribution in [1.29, 1.82) is 0 Å². The van der Waals surface area contributed by atoms with Crippen LogP contribution in [0.25, 0.3) is 0 Å². The van der Waals surface area contributed by atoms with E-state index in [-0.39, 0.29) is 12.1 Å². The third kappa shape index (κ3) is 2.98.